The number of nitrogens with two attached hydrogens (primary N) is 1. The third-order valence-electron chi connectivity index (χ3n) is 3.06. The average molecular weight is 310 g/mol. The second-order valence-corrected chi connectivity index (χ2v) is 6.42. The van der Waals surface area contributed by atoms with Crippen LogP contribution < -0.4 is 15.8 Å². The molecular weight excluding hydrogens is 284 g/mol. The number of nitrogens with one attached hydrogen (secondary N) is 1. The fraction of sp³-hybridized carbons (Fsp3) is 0.562. The lowest BCUT2D eigenvalue weighted by atomic mass is 10.1. The van der Waals surface area contributed by atoms with Crippen molar-refractivity contribution in [3.63, 3.8) is 0 Å². The van der Waals surface area contributed by atoms with E-state index in [-0.39, 0.29) is 5.91 Å². The summed E-state index contributed by atoms with van der Waals surface area (Å²) < 4.78 is 5.64. The zero-order valence-corrected chi connectivity index (χ0v) is 13.9. The van der Waals surface area contributed by atoms with Crippen LogP contribution in [0.5, 0.6) is 5.75 Å². The van der Waals surface area contributed by atoms with Crippen molar-refractivity contribution in [2.75, 3.05) is 23.9 Å². The Morgan fingerprint density at radius 2 is 1.95 bits per heavy atom. The molecule has 1 rings (SSSR count). The van der Waals surface area contributed by atoms with Gasteiger partial charge in [0.25, 0.3) is 0 Å². The lowest BCUT2D eigenvalue weighted by Crippen LogP contribution is -2.36. The Kier molecular flexibility index (Phi) is 8.23. The van der Waals surface area contributed by atoms with Crippen LogP contribution in [0.2, 0.25) is 0 Å². The maximum atomic E-state index is 11.9. The molecule has 0 fully saturated rings. The number of hydrogen-bond donors (Lipinski definition) is 2. The second kappa shape index (κ2) is 9.68. The molecule has 3 N–H and O–H groups in total. The summed E-state index contributed by atoms with van der Waals surface area (Å²) >= 11 is 1.69. The quantitative estimate of drug-likeness (QED) is 0.735. The van der Waals surface area contributed by atoms with E-state index in [2.05, 4.69) is 19.2 Å². The molecule has 0 unspecified atom stereocenters. The van der Waals surface area contributed by atoms with E-state index < -0.39 is 6.04 Å². The first kappa shape index (κ1) is 17.9. The van der Waals surface area contributed by atoms with Gasteiger partial charge in [-0.05, 0) is 55.0 Å². The Labute approximate surface area is 131 Å². The van der Waals surface area contributed by atoms with Crippen LogP contribution >= 0.6 is 11.8 Å². The molecule has 118 valence electrons. The van der Waals surface area contributed by atoms with Crippen molar-refractivity contribution in [1.29, 1.82) is 0 Å². The normalized spacial score (nSPS) is 12.2. The number of amides is 1. The van der Waals surface area contributed by atoms with Crippen molar-refractivity contribution < 1.29 is 9.53 Å². The lowest BCUT2D eigenvalue weighted by molar-refractivity contribution is -0.117. The highest BCUT2D eigenvalue weighted by atomic mass is 32.2. The van der Waals surface area contributed by atoms with Gasteiger partial charge in [0.1, 0.15) is 5.75 Å². The molecule has 1 atom stereocenters. The molecular formula is C16H26N2O2S. The molecule has 0 aromatic heterocycles. The smallest absolute Gasteiger partial charge is 0.241 e. The number of thioether (sulfide) groups is 1. The van der Waals surface area contributed by atoms with Crippen LogP contribution in [0.15, 0.2) is 24.3 Å². The van der Waals surface area contributed by atoms with E-state index in [1.807, 2.05) is 30.5 Å². The highest BCUT2D eigenvalue weighted by Gasteiger charge is 2.12. The van der Waals surface area contributed by atoms with Gasteiger partial charge in [0.2, 0.25) is 5.91 Å². The number of carbonyl (C=O) groups is 1. The van der Waals surface area contributed by atoms with Crippen LogP contribution in [0.25, 0.3) is 0 Å². The Morgan fingerprint density at radius 1 is 1.29 bits per heavy atom. The van der Waals surface area contributed by atoms with Crippen molar-refractivity contribution in [2.45, 2.75) is 32.7 Å². The third kappa shape index (κ3) is 7.39. The average Bonchev–Trinajstić information content (AvgIpc) is 2.46. The first-order valence-electron chi connectivity index (χ1n) is 7.31. The maximum Gasteiger partial charge on any atom is 0.241 e. The van der Waals surface area contributed by atoms with Crippen LogP contribution in [0, 0.1) is 5.92 Å². The number of benzene rings is 1. The van der Waals surface area contributed by atoms with Gasteiger partial charge in [0.15, 0.2) is 0 Å². The van der Waals surface area contributed by atoms with Crippen LogP contribution in [0.1, 0.15) is 26.7 Å². The molecule has 4 nitrogen and oxygen atoms in total. The molecule has 0 spiro atoms. The van der Waals surface area contributed by atoms with Crippen LogP contribution in [0.4, 0.5) is 5.69 Å². The zero-order chi connectivity index (χ0) is 15.7. The molecule has 0 saturated carbocycles. The first-order valence-corrected chi connectivity index (χ1v) is 8.70. The number of hydrogen-bond acceptors (Lipinski definition) is 4. The molecule has 0 heterocycles. The van der Waals surface area contributed by atoms with E-state index in [1.54, 1.807) is 11.8 Å². The Balaban J connectivity index is 2.41. The summed E-state index contributed by atoms with van der Waals surface area (Å²) in [4.78, 5) is 11.9. The summed E-state index contributed by atoms with van der Waals surface area (Å²) in [5.41, 5.74) is 6.57. The number of ether oxygens (including phenoxy) is 1. The fourth-order valence-electron chi connectivity index (χ4n) is 1.66. The van der Waals surface area contributed by atoms with Crippen LogP contribution in [0.3, 0.4) is 0 Å². The first-order chi connectivity index (χ1) is 10.0. The molecule has 0 bridgehead atoms. The number of anilines is 1. The summed E-state index contributed by atoms with van der Waals surface area (Å²) in [6, 6.07) is 6.94. The highest BCUT2D eigenvalue weighted by molar-refractivity contribution is 7.98. The lowest BCUT2D eigenvalue weighted by Gasteiger charge is -2.12. The van der Waals surface area contributed by atoms with Gasteiger partial charge < -0.3 is 15.8 Å². The maximum absolute atomic E-state index is 11.9. The van der Waals surface area contributed by atoms with Gasteiger partial charge in [0.05, 0.1) is 12.6 Å². The number of carbonyl (C=O) groups excluding carboxylic acids is 1. The second-order valence-electron chi connectivity index (χ2n) is 5.43. The minimum atomic E-state index is -0.459. The molecule has 0 aliphatic rings. The minimum Gasteiger partial charge on any atom is -0.494 e. The summed E-state index contributed by atoms with van der Waals surface area (Å²) in [5.74, 6) is 2.20. The summed E-state index contributed by atoms with van der Waals surface area (Å²) in [6.45, 7) is 5.05. The Morgan fingerprint density at radius 3 is 2.52 bits per heavy atom. The summed E-state index contributed by atoms with van der Waals surface area (Å²) in [5, 5.41) is 2.82. The van der Waals surface area contributed by atoms with Crippen molar-refractivity contribution in [2.24, 2.45) is 11.7 Å². The van der Waals surface area contributed by atoms with E-state index in [9.17, 15) is 4.79 Å². The SMILES string of the molecule is CSCC[C@H](N)C(=O)Nc1ccc(OCCC(C)C)cc1. The van der Waals surface area contributed by atoms with Crippen LogP contribution in [-0.4, -0.2) is 30.6 Å². The summed E-state index contributed by atoms with van der Waals surface area (Å²) in [6.07, 6.45) is 3.72. The topological polar surface area (TPSA) is 64.4 Å². The number of rotatable bonds is 9. The van der Waals surface area contributed by atoms with Crippen molar-refractivity contribution in [3.05, 3.63) is 24.3 Å². The predicted octanol–water partition coefficient (Wildman–Crippen LogP) is 3.13. The van der Waals surface area contributed by atoms with E-state index >= 15 is 0 Å². The highest BCUT2D eigenvalue weighted by Crippen LogP contribution is 2.16. The van der Waals surface area contributed by atoms with Gasteiger partial charge in [-0.1, -0.05) is 13.8 Å². The Hall–Kier alpha value is -1.20. The molecule has 0 aliphatic heterocycles. The van der Waals surface area contributed by atoms with Gasteiger partial charge in [-0.2, -0.15) is 11.8 Å². The largest absolute Gasteiger partial charge is 0.494 e. The molecule has 1 aromatic rings. The third-order valence-corrected chi connectivity index (χ3v) is 3.70. The molecule has 0 aliphatic carbocycles. The van der Waals surface area contributed by atoms with E-state index in [0.717, 1.165) is 23.6 Å². The van der Waals surface area contributed by atoms with Crippen LogP contribution in [-0.2, 0) is 4.79 Å². The van der Waals surface area contributed by atoms with E-state index in [0.29, 0.717) is 18.9 Å². The Bertz CT molecular complexity index is 421. The monoisotopic (exact) mass is 310 g/mol. The van der Waals surface area contributed by atoms with E-state index in [1.165, 1.54) is 0 Å². The molecule has 1 aromatic carbocycles. The minimum absolute atomic E-state index is 0.141. The van der Waals surface area contributed by atoms with Crippen molar-refractivity contribution in [1.82, 2.24) is 0 Å². The fourth-order valence-corrected chi connectivity index (χ4v) is 2.15. The molecule has 1 amide bonds. The molecule has 0 saturated heterocycles. The molecule has 21 heavy (non-hydrogen) atoms. The van der Waals surface area contributed by atoms with Gasteiger partial charge in [0, 0.05) is 5.69 Å². The predicted molar refractivity (Wildman–Crippen MR) is 91.0 cm³/mol. The van der Waals surface area contributed by atoms with Gasteiger partial charge in [-0.3, -0.25) is 4.79 Å². The van der Waals surface area contributed by atoms with Gasteiger partial charge >= 0.3 is 0 Å². The van der Waals surface area contributed by atoms with Gasteiger partial charge in [-0.25, -0.2) is 0 Å². The van der Waals surface area contributed by atoms with Crippen molar-refractivity contribution >= 4 is 23.4 Å². The van der Waals surface area contributed by atoms with Crippen molar-refractivity contribution in [3.8, 4) is 5.75 Å². The molecule has 0 radical (unpaired) electrons. The van der Waals surface area contributed by atoms with Gasteiger partial charge in [-0.15, -0.1) is 0 Å². The standard InChI is InChI=1S/C16H26N2O2S/c1-12(2)8-10-20-14-6-4-13(5-7-14)18-16(19)15(17)9-11-21-3/h4-7,12,15H,8-11,17H2,1-3H3,(H,18,19)/t15-/m0/s1. The molecule has 5 heteroatoms. The van der Waals surface area contributed by atoms with E-state index in [4.69, 9.17) is 10.5 Å². The zero-order valence-electron chi connectivity index (χ0n) is 13.1. The summed E-state index contributed by atoms with van der Waals surface area (Å²) in [7, 11) is 0.